The number of benzene rings is 1. The van der Waals surface area contributed by atoms with Crippen molar-refractivity contribution < 1.29 is 4.39 Å². The monoisotopic (exact) mass is 301 g/mol. The molecule has 2 rings (SSSR count). The van der Waals surface area contributed by atoms with Crippen LogP contribution in [0.2, 0.25) is 0 Å². The molecule has 0 spiro atoms. The molecule has 2 N–H and O–H groups in total. The fourth-order valence-corrected chi connectivity index (χ4v) is 2.58. The second-order valence-corrected chi connectivity index (χ2v) is 5.18. The largest absolute Gasteiger partial charge is 0.330 e. The predicted molar refractivity (Wildman–Crippen MR) is 65.8 cm³/mol. The third-order valence-corrected chi connectivity index (χ3v) is 3.42. The van der Waals surface area contributed by atoms with Gasteiger partial charge in [-0.15, -0.1) is 10.2 Å². The van der Waals surface area contributed by atoms with Crippen LogP contribution in [0.15, 0.2) is 22.7 Å². The summed E-state index contributed by atoms with van der Waals surface area (Å²) in [5.74, 6) is -0.292. The summed E-state index contributed by atoms with van der Waals surface area (Å²) in [5, 5.41) is 9.59. The molecule has 16 heavy (non-hydrogen) atoms. The standard InChI is InChI=1S/C10H9BrFN3S/c11-7-3-6(4-8(12)5-7)10-15-14-9(16-10)1-2-13/h3-5H,1-2,13H2. The average molecular weight is 302 g/mol. The Bertz CT molecular complexity index is 480. The van der Waals surface area contributed by atoms with Crippen molar-refractivity contribution in [3.8, 4) is 10.6 Å². The Kier molecular flexibility index (Phi) is 3.63. The Morgan fingerprint density at radius 3 is 2.81 bits per heavy atom. The van der Waals surface area contributed by atoms with Gasteiger partial charge in [0.05, 0.1) is 0 Å². The van der Waals surface area contributed by atoms with Crippen LogP contribution in [-0.4, -0.2) is 16.7 Å². The molecule has 0 radical (unpaired) electrons. The van der Waals surface area contributed by atoms with E-state index >= 15 is 0 Å². The fourth-order valence-electron chi connectivity index (χ4n) is 1.27. The van der Waals surface area contributed by atoms with Crippen molar-refractivity contribution in [2.75, 3.05) is 6.54 Å². The lowest BCUT2D eigenvalue weighted by Gasteiger charge is -1.97. The van der Waals surface area contributed by atoms with E-state index in [1.165, 1.54) is 23.5 Å². The maximum Gasteiger partial charge on any atom is 0.147 e. The smallest absolute Gasteiger partial charge is 0.147 e. The quantitative estimate of drug-likeness (QED) is 0.948. The highest BCUT2D eigenvalue weighted by atomic mass is 79.9. The Labute approximate surface area is 105 Å². The third kappa shape index (κ3) is 2.63. The molecule has 0 unspecified atom stereocenters. The van der Waals surface area contributed by atoms with Crippen molar-refractivity contribution in [3.05, 3.63) is 33.5 Å². The summed E-state index contributed by atoms with van der Waals surface area (Å²) in [4.78, 5) is 0. The van der Waals surface area contributed by atoms with E-state index < -0.39 is 0 Å². The van der Waals surface area contributed by atoms with Gasteiger partial charge in [0.2, 0.25) is 0 Å². The van der Waals surface area contributed by atoms with Crippen LogP contribution in [0.5, 0.6) is 0 Å². The molecule has 0 fully saturated rings. The number of halogens is 2. The van der Waals surface area contributed by atoms with Gasteiger partial charge in [0, 0.05) is 16.5 Å². The molecule has 0 amide bonds. The highest BCUT2D eigenvalue weighted by Gasteiger charge is 2.08. The second kappa shape index (κ2) is 4.99. The summed E-state index contributed by atoms with van der Waals surface area (Å²) < 4.78 is 13.9. The first-order valence-electron chi connectivity index (χ1n) is 4.68. The van der Waals surface area contributed by atoms with E-state index in [0.29, 0.717) is 22.4 Å². The van der Waals surface area contributed by atoms with Gasteiger partial charge in [-0.25, -0.2) is 4.39 Å². The van der Waals surface area contributed by atoms with Crippen LogP contribution < -0.4 is 5.73 Å². The second-order valence-electron chi connectivity index (χ2n) is 3.20. The van der Waals surface area contributed by atoms with E-state index in [0.717, 1.165) is 10.6 Å². The van der Waals surface area contributed by atoms with Crippen LogP contribution in [0, 0.1) is 5.82 Å². The first kappa shape index (κ1) is 11.6. The molecule has 1 aromatic carbocycles. The van der Waals surface area contributed by atoms with Crippen molar-refractivity contribution in [3.63, 3.8) is 0 Å². The van der Waals surface area contributed by atoms with Crippen LogP contribution in [0.25, 0.3) is 10.6 Å². The number of hydrogen-bond donors (Lipinski definition) is 1. The van der Waals surface area contributed by atoms with Crippen LogP contribution >= 0.6 is 27.3 Å². The molecule has 84 valence electrons. The molecule has 0 bridgehead atoms. The fraction of sp³-hybridized carbons (Fsp3) is 0.200. The lowest BCUT2D eigenvalue weighted by atomic mass is 10.2. The summed E-state index contributed by atoms with van der Waals surface area (Å²) >= 11 is 4.68. The zero-order chi connectivity index (χ0) is 11.5. The maximum absolute atomic E-state index is 13.2. The third-order valence-electron chi connectivity index (χ3n) is 1.93. The molecule has 0 atom stereocenters. The maximum atomic E-state index is 13.2. The molecule has 1 aromatic heterocycles. The highest BCUT2D eigenvalue weighted by molar-refractivity contribution is 9.10. The van der Waals surface area contributed by atoms with Gasteiger partial charge < -0.3 is 5.73 Å². The van der Waals surface area contributed by atoms with Gasteiger partial charge in [0.15, 0.2) is 0 Å². The SMILES string of the molecule is NCCc1nnc(-c2cc(F)cc(Br)c2)s1. The number of nitrogens with zero attached hydrogens (tertiary/aromatic N) is 2. The van der Waals surface area contributed by atoms with Gasteiger partial charge in [-0.05, 0) is 24.7 Å². The van der Waals surface area contributed by atoms with Gasteiger partial charge in [-0.1, -0.05) is 27.3 Å². The van der Waals surface area contributed by atoms with Crippen LogP contribution in [-0.2, 0) is 6.42 Å². The molecular weight excluding hydrogens is 293 g/mol. The highest BCUT2D eigenvalue weighted by Crippen LogP contribution is 2.27. The Morgan fingerprint density at radius 2 is 2.12 bits per heavy atom. The van der Waals surface area contributed by atoms with Crippen molar-refractivity contribution in [2.24, 2.45) is 5.73 Å². The predicted octanol–water partition coefficient (Wildman–Crippen LogP) is 2.61. The van der Waals surface area contributed by atoms with Gasteiger partial charge in [0.1, 0.15) is 15.8 Å². The lowest BCUT2D eigenvalue weighted by Crippen LogP contribution is -2.01. The molecule has 0 aliphatic heterocycles. The summed E-state index contributed by atoms with van der Waals surface area (Å²) in [6, 6.07) is 4.67. The minimum Gasteiger partial charge on any atom is -0.330 e. The molecule has 6 heteroatoms. The topological polar surface area (TPSA) is 51.8 Å². The van der Waals surface area contributed by atoms with E-state index in [1.807, 2.05) is 6.07 Å². The van der Waals surface area contributed by atoms with Crippen LogP contribution in [0.4, 0.5) is 4.39 Å². The molecule has 2 aromatic rings. The molecule has 0 saturated carbocycles. The van der Waals surface area contributed by atoms with E-state index in [9.17, 15) is 4.39 Å². The van der Waals surface area contributed by atoms with Gasteiger partial charge >= 0.3 is 0 Å². The van der Waals surface area contributed by atoms with E-state index in [1.54, 1.807) is 0 Å². The molecule has 1 heterocycles. The van der Waals surface area contributed by atoms with Crippen LogP contribution in [0.1, 0.15) is 5.01 Å². The van der Waals surface area contributed by atoms with Gasteiger partial charge in [-0.2, -0.15) is 0 Å². The zero-order valence-electron chi connectivity index (χ0n) is 8.28. The van der Waals surface area contributed by atoms with Crippen molar-refractivity contribution in [2.45, 2.75) is 6.42 Å². The number of aromatic nitrogens is 2. The minimum atomic E-state index is -0.292. The van der Waals surface area contributed by atoms with Crippen molar-refractivity contribution >= 4 is 27.3 Å². The van der Waals surface area contributed by atoms with E-state index in [-0.39, 0.29) is 5.82 Å². The average Bonchev–Trinajstić information content (AvgIpc) is 2.65. The summed E-state index contributed by atoms with van der Waals surface area (Å²) in [6.07, 6.45) is 0.703. The van der Waals surface area contributed by atoms with Gasteiger partial charge in [0.25, 0.3) is 0 Å². The number of hydrogen-bond acceptors (Lipinski definition) is 4. The molecular formula is C10H9BrFN3S. The summed E-state index contributed by atoms with van der Waals surface area (Å²) in [6.45, 7) is 0.543. The van der Waals surface area contributed by atoms with Crippen molar-refractivity contribution in [1.29, 1.82) is 0 Å². The van der Waals surface area contributed by atoms with E-state index in [4.69, 9.17) is 5.73 Å². The molecule has 3 nitrogen and oxygen atoms in total. The molecule has 0 aliphatic rings. The zero-order valence-corrected chi connectivity index (χ0v) is 10.7. The Morgan fingerprint density at radius 1 is 1.31 bits per heavy atom. The number of nitrogens with two attached hydrogens (primary N) is 1. The first-order chi connectivity index (χ1) is 7.69. The Hall–Kier alpha value is -0.850. The van der Waals surface area contributed by atoms with Crippen molar-refractivity contribution in [1.82, 2.24) is 10.2 Å². The Balaban J connectivity index is 2.34. The molecule has 0 aliphatic carbocycles. The number of rotatable bonds is 3. The summed E-state index contributed by atoms with van der Waals surface area (Å²) in [7, 11) is 0. The van der Waals surface area contributed by atoms with E-state index in [2.05, 4.69) is 26.1 Å². The summed E-state index contributed by atoms with van der Waals surface area (Å²) in [5.41, 5.74) is 6.16. The van der Waals surface area contributed by atoms with Gasteiger partial charge in [-0.3, -0.25) is 0 Å². The van der Waals surface area contributed by atoms with Crippen LogP contribution in [0.3, 0.4) is 0 Å². The first-order valence-corrected chi connectivity index (χ1v) is 6.29. The molecule has 0 saturated heterocycles. The minimum absolute atomic E-state index is 0.292. The lowest BCUT2D eigenvalue weighted by molar-refractivity contribution is 0.627. The normalized spacial score (nSPS) is 10.7.